The molecule has 0 unspecified atom stereocenters. The smallest absolute Gasteiger partial charge is 0.275 e. The van der Waals surface area contributed by atoms with Crippen LogP contribution in [0.2, 0.25) is 0 Å². The van der Waals surface area contributed by atoms with E-state index in [0.29, 0.717) is 19.2 Å². The van der Waals surface area contributed by atoms with Gasteiger partial charge in [0.2, 0.25) is 0 Å². The molecule has 1 aromatic rings. The Morgan fingerprint density at radius 3 is 2.96 bits per heavy atom. The summed E-state index contributed by atoms with van der Waals surface area (Å²) < 4.78 is 6.15. The highest BCUT2D eigenvalue weighted by Gasteiger charge is 2.43. The van der Waals surface area contributed by atoms with Gasteiger partial charge in [-0.25, -0.2) is 5.06 Å². The SMILES string of the molecule is Cc1ccc(CN2CC[C@H]3O[C@@H](C(=O)N4CCCO4)CC[C@H]32)s1. The van der Waals surface area contributed by atoms with Gasteiger partial charge in [0.15, 0.2) is 0 Å². The summed E-state index contributed by atoms with van der Waals surface area (Å²) in [5.41, 5.74) is 0. The second kappa shape index (κ2) is 6.51. The zero-order chi connectivity index (χ0) is 15.8. The Labute approximate surface area is 141 Å². The Bertz CT molecular complexity index is 570. The van der Waals surface area contributed by atoms with Gasteiger partial charge in [-0.15, -0.1) is 11.3 Å². The molecule has 3 atom stereocenters. The predicted molar refractivity (Wildman–Crippen MR) is 88.0 cm³/mol. The van der Waals surface area contributed by atoms with E-state index in [9.17, 15) is 4.79 Å². The molecule has 0 bridgehead atoms. The average molecular weight is 336 g/mol. The lowest BCUT2D eigenvalue weighted by molar-refractivity contribution is -0.189. The minimum Gasteiger partial charge on any atom is -0.363 e. The van der Waals surface area contributed by atoms with Crippen molar-refractivity contribution in [2.24, 2.45) is 0 Å². The molecule has 23 heavy (non-hydrogen) atoms. The van der Waals surface area contributed by atoms with Gasteiger partial charge in [-0.1, -0.05) is 0 Å². The van der Waals surface area contributed by atoms with E-state index in [1.54, 1.807) is 0 Å². The van der Waals surface area contributed by atoms with E-state index < -0.39 is 0 Å². The summed E-state index contributed by atoms with van der Waals surface area (Å²) in [5.74, 6) is 0.0216. The first kappa shape index (κ1) is 15.6. The highest BCUT2D eigenvalue weighted by Crippen LogP contribution is 2.34. The van der Waals surface area contributed by atoms with Crippen LogP contribution in [0.1, 0.15) is 35.4 Å². The van der Waals surface area contributed by atoms with Crippen LogP contribution < -0.4 is 0 Å². The first-order chi connectivity index (χ1) is 11.2. The summed E-state index contributed by atoms with van der Waals surface area (Å²) in [6.45, 7) is 5.58. The molecule has 0 saturated carbocycles. The predicted octanol–water partition coefficient (Wildman–Crippen LogP) is 2.34. The van der Waals surface area contributed by atoms with Crippen molar-refractivity contribution >= 4 is 17.2 Å². The molecular weight excluding hydrogens is 312 g/mol. The van der Waals surface area contributed by atoms with E-state index in [4.69, 9.17) is 9.57 Å². The van der Waals surface area contributed by atoms with E-state index in [2.05, 4.69) is 24.0 Å². The molecule has 0 radical (unpaired) electrons. The number of nitrogens with zero attached hydrogens (tertiary/aromatic N) is 2. The van der Waals surface area contributed by atoms with Crippen molar-refractivity contribution in [1.82, 2.24) is 9.96 Å². The number of likely N-dealkylation sites (tertiary alicyclic amines) is 1. The maximum Gasteiger partial charge on any atom is 0.275 e. The number of carbonyl (C=O) groups is 1. The molecular formula is C17H24N2O3S. The number of thiophene rings is 1. The van der Waals surface area contributed by atoms with Crippen LogP contribution in [0.3, 0.4) is 0 Å². The Kier molecular flexibility index (Phi) is 4.41. The van der Waals surface area contributed by atoms with Gasteiger partial charge < -0.3 is 4.74 Å². The number of fused-ring (bicyclic) bond motifs is 1. The average Bonchev–Trinajstić information content (AvgIpc) is 3.28. The highest BCUT2D eigenvalue weighted by molar-refractivity contribution is 7.11. The van der Waals surface area contributed by atoms with E-state index in [1.165, 1.54) is 14.8 Å². The molecule has 1 aromatic heterocycles. The van der Waals surface area contributed by atoms with Crippen LogP contribution in [0, 0.1) is 6.92 Å². The lowest BCUT2D eigenvalue weighted by Crippen LogP contribution is -2.48. The topological polar surface area (TPSA) is 42.0 Å². The summed E-state index contributed by atoms with van der Waals surface area (Å²) in [4.78, 5) is 23.1. The van der Waals surface area contributed by atoms with Crippen LogP contribution in [0.25, 0.3) is 0 Å². The molecule has 5 nitrogen and oxygen atoms in total. The molecule has 0 spiro atoms. The van der Waals surface area contributed by atoms with Gasteiger partial charge in [0.05, 0.1) is 19.3 Å². The third kappa shape index (κ3) is 3.18. The number of hydroxylamine groups is 2. The fraction of sp³-hybridized carbons (Fsp3) is 0.706. The Hall–Kier alpha value is -0.950. The Morgan fingerprint density at radius 2 is 2.22 bits per heavy atom. The summed E-state index contributed by atoms with van der Waals surface area (Å²) in [7, 11) is 0. The number of amides is 1. The normalized spacial score (nSPS) is 31.5. The minimum atomic E-state index is -0.307. The maximum absolute atomic E-state index is 12.4. The number of hydrogen-bond donors (Lipinski definition) is 0. The fourth-order valence-corrected chi connectivity index (χ4v) is 4.86. The summed E-state index contributed by atoms with van der Waals surface area (Å²) in [5, 5.41) is 1.51. The largest absolute Gasteiger partial charge is 0.363 e. The monoisotopic (exact) mass is 336 g/mol. The van der Waals surface area contributed by atoms with E-state index >= 15 is 0 Å². The van der Waals surface area contributed by atoms with Crippen molar-refractivity contribution in [3.05, 3.63) is 21.9 Å². The second-order valence-corrected chi connectivity index (χ2v) is 8.08. The zero-order valence-electron chi connectivity index (χ0n) is 13.6. The molecule has 4 rings (SSSR count). The molecule has 6 heteroatoms. The molecule has 0 aromatic carbocycles. The van der Waals surface area contributed by atoms with Crippen LogP contribution in [-0.2, 0) is 20.9 Å². The number of aryl methyl sites for hydroxylation is 1. The minimum absolute atomic E-state index is 0.0216. The molecule has 3 fully saturated rings. The standard InChI is InChI=1S/C17H24N2O3S/c1-12-3-4-13(23-12)11-18-9-7-15-14(18)5-6-16(22-15)17(20)19-8-2-10-21-19/h3-4,14-16H,2,5-11H2,1H3/t14-,15-,16-/m1/s1. The van der Waals surface area contributed by atoms with E-state index in [1.807, 2.05) is 11.3 Å². The van der Waals surface area contributed by atoms with Crippen molar-refractivity contribution in [2.75, 3.05) is 19.7 Å². The van der Waals surface area contributed by atoms with Crippen molar-refractivity contribution < 1.29 is 14.4 Å². The molecule has 0 N–H and O–H groups in total. The van der Waals surface area contributed by atoms with Gasteiger partial charge in [0.25, 0.3) is 5.91 Å². The summed E-state index contributed by atoms with van der Waals surface area (Å²) in [6.07, 6.45) is 3.69. The summed E-state index contributed by atoms with van der Waals surface area (Å²) in [6, 6.07) is 4.88. The maximum atomic E-state index is 12.4. The molecule has 126 valence electrons. The highest BCUT2D eigenvalue weighted by atomic mass is 32.1. The fourth-order valence-electron chi connectivity index (χ4n) is 3.94. The van der Waals surface area contributed by atoms with Crippen LogP contribution in [0.5, 0.6) is 0 Å². The molecule has 1 amide bonds. The zero-order valence-corrected chi connectivity index (χ0v) is 14.4. The van der Waals surface area contributed by atoms with Gasteiger partial charge in [0.1, 0.15) is 6.10 Å². The quantitative estimate of drug-likeness (QED) is 0.850. The van der Waals surface area contributed by atoms with Crippen LogP contribution in [-0.4, -0.2) is 53.8 Å². The van der Waals surface area contributed by atoms with Gasteiger partial charge in [-0.05, 0) is 44.7 Å². The molecule has 4 heterocycles. The molecule has 3 aliphatic rings. The number of ether oxygens (including phenoxy) is 1. The van der Waals surface area contributed by atoms with Gasteiger partial charge in [-0.2, -0.15) is 0 Å². The van der Waals surface area contributed by atoms with E-state index in [0.717, 1.165) is 38.8 Å². The van der Waals surface area contributed by atoms with Gasteiger partial charge in [-0.3, -0.25) is 14.5 Å². The lowest BCUT2D eigenvalue weighted by Gasteiger charge is -2.36. The molecule has 3 saturated heterocycles. The third-order valence-electron chi connectivity index (χ3n) is 5.09. The van der Waals surface area contributed by atoms with Crippen LogP contribution >= 0.6 is 11.3 Å². The van der Waals surface area contributed by atoms with Crippen molar-refractivity contribution in [3.63, 3.8) is 0 Å². The third-order valence-corrected chi connectivity index (χ3v) is 6.08. The van der Waals surface area contributed by atoms with E-state index in [-0.39, 0.29) is 18.1 Å². The second-order valence-electron chi connectivity index (χ2n) is 6.71. The first-order valence-electron chi connectivity index (χ1n) is 8.60. The van der Waals surface area contributed by atoms with Gasteiger partial charge >= 0.3 is 0 Å². The Morgan fingerprint density at radius 1 is 1.30 bits per heavy atom. The number of rotatable bonds is 3. The molecule has 0 aliphatic carbocycles. The Balaban J connectivity index is 1.35. The number of hydrogen-bond acceptors (Lipinski definition) is 5. The van der Waals surface area contributed by atoms with Crippen LogP contribution in [0.15, 0.2) is 12.1 Å². The number of carbonyl (C=O) groups excluding carboxylic acids is 1. The molecule has 3 aliphatic heterocycles. The van der Waals surface area contributed by atoms with Crippen LogP contribution in [0.4, 0.5) is 0 Å². The van der Waals surface area contributed by atoms with Gasteiger partial charge in [0, 0.05) is 28.9 Å². The first-order valence-corrected chi connectivity index (χ1v) is 9.41. The van der Waals surface area contributed by atoms with Crippen molar-refractivity contribution in [3.8, 4) is 0 Å². The van der Waals surface area contributed by atoms with Crippen molar-refractivity contribution in [2.45, 2.75) is 57.4 Å². The van der Waals surface area contributed by atoms with Crippen molar-refractivity contribution in [1.29, 1.82) is 0 Å². The lowest BCUT2D eigenvalue weighted by atomic mass is 9.98. The summed E-state index contributed by atoms with van der Waals surface area (Å²) >= 11 is 1.88.